The van der Waals surface area contributed by atoms with Gasteiger partial charge < -0.3 is 5.11 Å². The van der Waals surface area contributed by atoms with Gasteiger partial charge in [-0.2, -0.15) is 0 Å². The van der Waals surface area contributed by atoms with Crippen molar-refractivity contribution in [3.63, 3.8) is 0 Å². The lowest BCUT2D eigenvalue weighted by Gasteiger charge is -2.02. The predicted octanol–water partition coefficient (Wildman–Crippen LogP) is 2.26. The quantitative estimate of drug-likeness (QED) is 0.719. The molecule has 0 radical (unpaired) electrons. The van der Waals surface area contributed by atoms with Crippen LogP contribution < -0.4 is 0 Å². The van der Waals surface area contributed by atoms with Crippen LogP contribution in [0.4, 0.5) is 8.78 Å². The first-order valence-electron chi connectivity index (χ1n) is 3.78. The Hall–Kier alpha value is -1.45. The average molecular weight is 186 g/mol. The third-order valence-electron chi connectivity index (χ3n) is 1.69. The summed E-state index contributed by atoms with van der Waals surface area (Å²) >= 11 is 0. The van der Waals surface area contributed by atoms with Crippen LogP contribution in [0.15, 0.2) is 12.1 Å². The molecule has 0 aliphatic carbocycles. The van der Waals surface area contributed by atoms with Crippen molar-refractivity contribution in [1.82, 2.24) is 0 Å². The van der Waals surface area contributed by atoms with E-state index in [-0.39, 0.29) is 12.0 Å². The highest BCUT2D eigenvalue weighted by atomic mass is 19.1. The molecule has 0 bridgehead atoms. The van der Waals surface area contributed by atoms with E-state index in [0.717, 1.165) is 12.1 Å². The van der Waals surface area contributed by atoms with Crippen molar-refractivity contribution in [2.24, 2.45) is 0 Å². The first kappa shape index (κ1) is 9.64. The minimum absolute atomic E-state index is 0.113. The molecular weight excluding hydrogens is 178 g/mol. The zero-order valence-corrected chi connectivity index (χ0v) is 6.97. The van der Waals surface area contributed by atoms with Gasteiger partial charge in [0.1, 0.15) is 0 Å². The molecule has 0 aromatic heterocycles. The van der Waals surface area contributed by atoms with Crippen molar-refractivity contribution >= 4 is 5.78 Å². The van der Waals surface area contributed by atoms with Crippen LogP contribution in [0.25, 0.3) is 0 Å². The lowest BCUT2D eigenvalue weighted by atomic mass is 10.1. The molecule has 0 saturated carbocycles. The molecule has 1 aromatic rings. The summed E-state index contributed by atoms with van der Waals surface area (Å²) in [6, 6.07) is 1.89. The first-order chi connectivity index (χ1) is 6.07. The van der Waals surface area contributed by atoms with Crippen LogP contribution in [-0.4, -0.2) is 10.9 Å². The second-order valence-electron chi connectivity index (χ2n) is 2.53. The smallest absolute Gasteiger partial charge is 0.188 e. The number of carbonyl (C=O) groups excluding carboxylic acids is 1. The van der Waals surface area contributed by atoms with Crippen molar-refractivity contribution in [2.45, 2.75) is 13.3 Å². The maximum Gasteiger partial charge on any atom is 0.188 e. The number of Topliss-reactive ketones (excluding diaryl/α,β-unsaturated/α-hetero) is 1. The van der Waals surface area contributed by atoms with E-state index in [1.165, 1.54) is 0 Å². The Balaban J connectivity index is 3.26. The Morgan fingerprint density at radius 1 is 1.46 bits per heavy atom. The molecular formula is C9H8F2O2. The molecule has 70 valence electrons. The number of phenolic OH excluding ortho intramolecular Hbond substituents is 1. The van der Waals surface area contributed by atoms with Crippen LogP contribution in [0.2, 0.25) is 0 Å². The Bertz CT molecular complexity index is 348. The SMILES string of the molecule is CCC(=O)c1ccc(F)c(O)c1F. The Labute approximate surface area is 73.8 Å². The van der Waals surface area contributed by atoms with Crippen LogP contribution in [0, 0.1) is 11.6 Å². The number of carbonyl (C=O) groups is 1. The number of phenols is 1. The van der Waals surface area contributed by atoms with Crippen molar-refractivity contribution in [2.75, 3.05) is 0 Å². The summed E-state index contributed by atoms with van der Waals surface area (Å²) in [5.74, 6) is -3.82. The van der Waals surface area contributed by atoms with Crippen LogP contribution in [0.1, 0.15) is 23.7 Å². The Morgan fingerprint density at radius 3 is 2.62 bits per heavy atom. The van der Waals surface area contributed by atoms with Crippen molar-refractivity contribution in [1.29, 1.82) is 0 Å². The van der Waals surface area contributed by atoms with E-state index >= 15 is 0 Å². The minimum Gasteiger partial charge on any atom is -0.503 e. The molecule has 1 aromatic carbocycles. The van der Waals surface area contributed by atoms with Gasteiger partial charge in [0.05, 0.1) is 5.56 Å². The highest BCUT2D eigenvalue weighted by molar-refractivity contribution is 5.96. The lowest BCUT2D eigenvalue weighted by molar-refractivity contribution is 0.0983. The molecule has 0 aliphatic rings. The van der Waals surface area contributed by atoms with Crippen molar-refractivity contribution in [3.05, 3.63) is 29.3 Å². The highest BCUT2D eigenvalue weighted by Gasteiger charge is 2.16. The van der Waals surface area contributed by atoms with Gasteiger partial charge in [-0.3, -0.25) is 4.79 Å². The minimum atomic E-state index is -1.19. The van der Waals surface area contributed by atoms with Crippen LogP contribution in [-0.2, 0) is 0 Å². The number of halogens is 2. The molecule has 0 spiro atoms. The molecule has 0 aliphatic heterocycles. The number of benzene rings is 1. The van der Waals surface area contributed by atoms with E-state index in [0.29, 0.717) is 0 Å². The first-order valence-corrected chi connectivity index (χ1v) is 3.78. The number of aromatic hydroxyl groups is 1. The predicted molar refractivity (Wildman–Crippen MR) is 42.6 cm³/mol. The van der Waals surface area contributed by atoms with Gasteiger partial charge in [0.25, 0.3) is 0 Å². The average Bonchev–Trinajstić information content (AvgIpc) is 2.13. The van der Waals surface area contributed by atoms with E-state index in [4.69, 9.17) is 5.11 Å². The molecule has 13 heavy (non-hydrogen) atoms. The van der Waals surface area contributed by atoms with Gasteiger partial charge >= 0.3 is 0 Å². The van der Waals surface area contributed by atoms with Crippen molar-refractivity contribution in [3.8, 4) is 5.75 Å². The van der Waals surface area contributed by atoms with E-state index in [9.17, 15) is 13.6 Å². The molecule has 0 fully saturated rings. The van der Waals surface area contributed by atoms with Gasteiger partial charge in [0.2, 0.25) is 0 Å². The van der Waals surface area contributed by atoms with Gasteiger partial charge in [-0.1, -0.05) is 6.92 Å². The van der Waals surface area contributed by atoms with Crippen LogP contribution in [0.5, 0.6) is 5.75 Å². The number of hydrogen-bond acceptors (Lipinski definition) is 2. The fourth-order valence-electron chi connectivity index (χ4n) is 0.947. The number of rotatable bonds is 2. The zero-order chi connectivity index (χ0) is 10.0. The Morgan fingerprint density at radius 2 is 2.08 bits per heavy atom. The highest BCUT2D eigenvalue weighted by Crippen LogP contribution is 2.23. The molecule has 0 amide bonds. The monoisotopic (exact) mass is 186 g/mol. The van der Waals surface area contributed by atoms with E-state index < -0.39 is 23.2 Å². The third kappa shape index (κ3) is 1.66. The normalized spacial score (nSPS) is 10.1. The lowest BCUT2D eigenvalue weighted by Crippen LogP contribution is -2.01. The third-order valence-corrected chi connectivity index (χ3v) is 1.69. The maximum absolute atomic E-state index is 13.0. The van der Waals surface area contributed by atoms with Gasteiger partial charge in [0, 0.05) is 6.42 Å². The second kappa shape index (κ2) is 3.51. The summed E-state index contributed by atoms with van der Waals surface area (Å²) in [5, 5.41) is 8.83. The molecule has 1 rings (SSSR count). The summed E-state index contributed by atoms with van der Waals surface area (Å²) in [5.41, 5.74) is -0.276. The van der Waals surface area contributed by atoms with Crippen molar-refractivity contribution < 1.29 is 18.7 Å². The van der Waals surface area contributed by atoms with E-state index in [1.54, 1.807) is 6.92 Å². The fraction of sp³-hybridized carbons (Fsp3) is 0.222. The molecule has 0 heterocycles. The molecule has 0 unspecified atom stereocenters. The summed E-state index contributed by atoms with van der Waals surface area (Å²) in [4.78, 5) is 11.0. The van der Waals surface area contributed by atoms with Gasteiger partial charge in [0.15, 0.2) is 23.2 Å². The fourth-order valence-corrected chi connectivity index (χ4v) is 0.947. The summed E-state index contributed by atoms with van der Waals surface area (Å²) in [6.07, 6.45) is 0.113. The summed E-state index contributed by atoms with van der Waals surface area (Å²) in [6.45, 7) is 1.56. The van der Waals surface area contributed by atoms with Gasteiger partial charge in [-0.15, -0.1) is 0 Å². The molecule has 1 N–H and O–H groups in total. The standard InChI is InChI=1S/C9H8F2O2/c1-2-7(12)5-3-4-6(10)9(13)8(5)11/h3-4,13H,2H2,1H3. The van der Waals surface area contributed by atoms with Gasteiger partial charge in [-0.05, 0) is 12.1 Å². The molecule has 2 nitrogen and oxygen atoms in total. The molecule has 0 saturated heterocycles. The molecule has 4 heteroatoms. The zero-order valence-electron chi connectivity index (χ0n) is 6.97. The second-order valence-corrected chi connectivity index (χ2v) is 2.53. The topological polar surface area (TPSA) is 37.3 Å². The van der Waals surface area contributed by atoms with Crippen LogP contribution in [0.3, 0.4) is 0 Å². The van der Waals surface area contributed by atoms with E-state index in [2.05, 4.69) is 0 Å². The Kier molecular flexibility index (Phi) is 2.60. The summed E-state index contributed by atoms with van der Waals surface area (Å²) in [7, 11) is 0. The molecule has 0 atom stereocenters. The van der Waals surface area contributed by atoms with Crippen LogP contribution >= 0.6 is 0 Å². The van der Waals surface area contributed by atoms with E-state index in [1.807, 2.05) is 0 Å². The largest absolute Gasteiger partial charge is 0.503 e. The maximum atomic E-state index is 13.0. The number of ketones is 1. The number of hydrogen-bond donors (Lipinski definition) is 1. The summed E-state index contributed by atoms with van der Waals surface area (Å²) < 4.78 is 25.5. The van der Waals surface area contributed by atoms with Gasteiger partial charge in [-0.25, -0.2) is 8.78 Å².